The third-order valence-electron chi connectivity index (χ3n) is 5.76. The van der Waals surface area contributed by atoms with E-state index in [1.807, 2.05) is 14.0 Å². The fraction of sp³-hybridized carbons (Fsp3) is 0.696. The summed E-state index contributed by atoms with van der Waals surface area (Å²) in [5, 5.41) is 3.53. The Hall–Kier alpha value is -1.63. The molecule has 6 nitrogen and oxygen atoms in total. The summed E-state index contributed by atoms with van der Waals surface area (Å²) in [7, 11) is 1.86. The first-order chi connectivity index (χ1) is 14.3. The molecule has 1 aromatic carbocycles. The van der Waals surface area contributed by atoms with E-state index in [2.05, 4.69) is 39.5 Å². The van der Waals surface area contributed by atoms with Gasteiger partial charge in [-0.05, 0) is 50.2 Å². The zero-order valence-electron chi connectivity index (χ0n) is 18.1. The van der Waals surface area contributed by atoms with E-state index in [0.717, 1.165) is 64.7 Å². The zero-order chi connectivity index (χ0) is 20.3. The molecule has 0 aromatic heterocycles. The van der Waals surface area contributed by atoms with Gasteiger partial charge in [0.05, 0.1) is 25.4 Å². The normalized spacial score (nSPS) is 21.4. The van der Waals surface area contributed by atoms with E-state index in [1.54, 1.807) is 0 Å². The van der Waals surface area contributed by atoms with Gasteiger partial charge < -0.3 is 24.4 Å². The van der Waals surface area contributed by atoms with Crippen LogP contribution in [0.4, 0.5) is 0 Å². The lowest BCUT2D eigenvalue weighted by molar-refractivity contribution is -0.0721. The fourth-order valence-corrected chi connectivity index (χ4v) is 4.01. The number of piperidine rings is 1. The van der Waals surface area contributed by atoms with Gasteiger partial charge in [-0.3, -0.25) is 4.99 Å². The molecule has 1 atom stereocenters. The largest absolute Gasteiger partial charge is 0.377 e. The molecule has 2 fully saturated rings. The lowest BCUT2D eigenvalue weighted by atomic mass is 10.1. The van der Waals surface area contributed by atoms with Crippen LogP contribution in [-0.4, -0.2) is 63.0 Å². The number of aliphatic imine (C=N–C) groups is 1. The topological polar surface area (TPSA) is 55.3 Å². The molecule has 2 heterocycles. The zero-order valence-corrected chi connectivity index (χ0v) is 18.1. The monoisotopic (exact) mass is 403 g/mol. The number of hydrogen-bond donors (Lipinski definition) is 1. The van der Waals surface area contributed by atoms with Gasteiger partial charge in [0.1, 0.15) is 0 Å². The number of likely N-dealkylation sites (tertiary alicyclic amines) is 1. The van der Waals surface area contributed by atoms with E-state index in [4.69, 9.17) is 14.2 Å². The number of ether oxygens (including phenoxy) is 3. The highest BCUT2D eigenvalue weighted by Crippen LogP contribution is 2.18. The average Bonchev–Trinajstić information content (AvgIpc) is 2.79. The lowest BCUT2D eigenvalue weighted by Crippen LogP contribution is -2.47. The van der Waals surface area contributed by atoms with Crippen LogP contribution in [0.1, 0.15) is 50.2 Å². The van der Waals surface area contributed by atoms with Gasteiger partial charge in [-0.1, -0.05) is 24.3 Å². The van der Waals surface area contributed by atoms with Gasteiger partial charge in [0.2, 0.25) is 0 Å². The second-order valence-corrected chi connectivity index (χ2v) is 7.81. The van der Waals surface area contributed by atoms with Crippen LogP contribution in [0.5, 0.6) is 0 Å². The molecule has 0 bridgehead atoms. The molecule has 1 aromatic rings. The molecular weight excluding hydrogens is 366 g/mol. The molecule has 1 N–H and O–H groups in total. The van der Waals surface area contributed by atoms with Crippen molar-refractivity contribution in [3.05, 3.63) is 35.4 Å². The Balaban J connectivity index is 1.42. The Morgan fingerprint density at radius 3 is 2.66 bits per heavy atom. The fourth-order valence-electron chi connectivity index (χ4n) is 4.01. The minimum Gasteiger partial charge on any atom is -0.377 e. The van der Waals surface area contributed by atoms with Crippen molar-refractivity contribution < 1.29 is 14.2 Å². The Bertz CT molecular complexity index is 624. The van der Waals surface area contributed by atoms with Crippen LogP contribution in [-0.2, 0) is 27.4 Å². The summed E-state index contributed by atoms with van der Waals surface area (Å²) in [4.78, 5) is 6.84. The molecule has 0 saturated carbocycles. The van der Waals surface area contributed by atoms with Crippen molar-refractivity contribution >= 4 is 5.96 Å². The predicted octanol–water partition coefficient (Wildman–Crippen LogP) is 3.35. The summed E-state index contributed by atoms with van der Waals surface area (Å²) in [6, 6.07) is 8.43. The lowest BCUT2D eigenvalue weighted by Gasteiger charge is -2.35. The third kappa shape index (κ3) is 6.98. The van der Waals surface area contributed by atoms with E-state index >= 15 is 0 Å². The molecule has 6 heteroatoms. The molecule has 0 aliphatic carbocycles. The van der Waals surface area contributed by atoms with E-state index in [9.17, 15) is 0 Å². The minimum atomic E-state index is 0.299. The SMILES string of the molecule is CCOCc1ccccc1CNC(=NC)N1CCC(OCC2CCCCO2)CC1. The molecule has 0 radical (unpaired) electrons. The number of hydrogen-bond acceptors (Lipinski definition) is 4. The van der Waals surface area contributed by atoms with Crippen molar-refractivity contribution in [1.29, 1.82) is 0 Å². The summed E-state index contributed by atoms with van der Waals surface area (Å²) in [5.41, 5.74) is 2.49. The van der Waals surface area contributed by atoms with Gasteiger partial charge in [-0.2, -0.15) is 0 Å². The minimum absolute atomic E-state index is 0.299. The molecule has 3 rings (SSSR count). The number of nitrogens with one attached hydrogen (secondary N) is 1. The van der Waals surface area contributed by atoms with E-state index in [-0.39, 0.29) is 0 Å². The van der Waals surface area contributed by atoms with E-state index < -0.39 is 0 Å². The summed E-state index contributed by atoms with van der Waals surface area (Å²) in [5.74, 6) is 0.963. The second kappa shape index (κ2) is 12.2. The van der Waals surface area contributed by atoms with Crippen molar-refractivity contribution in [2.24, 2.45) is 4.99 Å². The first-order valence-corrected chi connectivity index (χ1v) is 11.1. The smallest absolute Gasteiger partial charge is 0.193 e. The molecule has 0 spiro atoms. The summed E-state index contributed by atoms with van der Waals surface area (Å²) < 4.78 is 17.5. The summed E-state index contributed by atoms with van der Waals surface area (Å²) >= 11 is 0. The van der Waals surface area contributed by atoms with Crippen LogP contribution < -0.4 is 5.32 Å². The third-order valence-corrected chi connectivity index (χ3v) is 5.76. The standard InChI is InChI=1S/C23H37N3O3/c1-3-27-17-20-9-5-4-8-19(20)16-25-23(24-2)26-13-11-21(12-14-26)29-18-22-10-6-7-15-28-22/h4-5,8-9,21-22H,3,6-7,10-18H2,1-2H3,(H,24,25). The number of guanidine groups is 1. The average molecular weight is 404 g/mol. The molecular formula is C23H37N3O3. The Kier molecular flexibility index (Phi) is 9.25. The molecule has 0 amide bonds. The van der Waals surface area contributed by atoms with Crippen LogP contribution in [0.25, 0.3) is 0 Å². The van der Waals surface area contributed by atoms with Crippen molar-refractivity contribution in [1.82, 2.24) is 10.2 Å². The first-order valence-electron chi connectivity index (χ1n) is 11.1. The van der Waals surface area contributed by atoms with Gasteiger partial charge in [-0.25, -0.2) is 0 Å². The molecule has 2 saturated heterocycles. The molecule has 1 unspecified atom stereocenters. The Labute approximate surface area is 175 Å². The van der Waals surface area contributed by atoms with E-state index in [0.29, 0.717) is 18.8 Å². The molecule has 2 aliphatic heterocycles. The molecule has 162 valence electrons. The maximum Gasteiger partial charge on any atom is 0.193 e. The van der Waals surface area contributed by atoms with Crippen molar-refractivity contribution in [2.45, 2.75) is 64.4 Å². The number of benzene rings is 1. The van der Waals surface area contributed by atoms with Crippen LogP contribution in [0.3, 0.4) is 0 Å². The van der Waals surface area contributed by atoms with Gasteiger partial charge >= 0.3 is 0 Å². The van der Waals surface area contributed by atoms with Gasteiger partial charge in [0.25, 0.3) is 0 Å². The Morgan fingerprint density at radius 2 is 1.97 bits per heavy atom. The molecule has 29 heavy (non-hydrogen) atoms. The van der Waals surface area contributed by atoms with Gasteiger partial charge in [-0.15, -0.1) is 0 Å². The summed E-state index contributed by atoms with van der Waals surface area (Å²) in [6.45, 7) is 7.74. The van der Waals surface area contributed by atoms with Gasteiger partial charge in [0.15, 0.2) is 5.96 Å². The predicted molar refractivity (Wildman–Crippen MR) is 116 cm³/mol. The van der Waals surface area contributed by atoms with Crippen LogP contribution >= 0.6 is 0 Å². The van der Waals surface area contributed by atoms with Crippen molar-refractivity contribution in [3.8, 4) is 0 Å². The van der Waals surface area contributed by atoms with Crippen LogP contribution in [0, 0.1) is 0 Å². The maximum absolute atomic E-state index is 6.14. The first kappa shape index (κ1) is 22.1. The Morgan fingerprint density at radius 1 is 1.17 bits per heavy atom. The maximum atomic E-state index is 6.14. The van der Waals surface area contributed by atoms with Crippen molar-refractivity contribution in [2.75, 3.05) is 40.0 Å². The van der Waals surface area contributed by atoms with Crippen LogP contribution in [0.15, 0.2) is 29.3 Å². The summed E-state index contributed by atoms with van der Waals surface area (Å²) in [6.07, 6.45) is 6.30. The quantitative estimate of drug-likeness (QED) is 0.533. The highest BCUT2D eigenvalue weighted by Gasteiger charge is 2.23. The van der Waals surface area contributed by atoms with E-state index in [1.165, 1.54) is 24.0 Å². The van der Waals surface area contributed by atoms with Gasteiger partial charge in [0, 0.05) is 39.9 Å². The van der Waals surface area contributed by atoms with Crippen LogP contribution in [0.2, 0.25) is 0 Å². The second-order valence-electron chi connectivity index (χ2n) is 7.81. The highest BCUT2D eigenvalue weighted by molar-refractivity contribution is 5.80. The molecule has 2 aliphatic rings. The number of rotatable bonds is 8. The number of nitrogens with zero attached hydrogens (tertiary/aromatic N) is 2. The highest BCUT2D eigenvalue weighted by atomic mass is 16.5. The van der Waals surface area contributed by atoms with Crippen molar-refractivity contribution in [3.63, 3.8) is 0 Å².